The molecule has 0 spiro atoms. The van der Waals surface area contributed by atoms with Crippen molar-refractivity contribution in [1.82, 2.24) is 6.15 Å². The van der Waals surface area contributed by atoms with E-state index in [4.69, 9.17) is 9.79 Å². The second kappa shape index (κ2) is 3.80. The summed E-state index contributed by atoms with van der Waals surface area (Å²) in [5.74, 6) is 0. The third kappa shape index (κ3) is 9.28. The van der Waals surface area contributed by atoms with Gasteiger partial charge in [0.1, 0.15) is 0 Å². The molecule has 4 nitrogen and oxygen atoms in total. The fraction of sp³-hybridized carbons (Fsp3) is 0.333. The summed E-state index contributed by atoms with van der Waals surface area (Å²) in [5.41, 5.74) is 0. The summed E-state index contributed by atoms with van der Waals surface area (Å²) in [5, 5.41) is 0. The van der Waals surface area contributed by atoms with E-state index in [1.165, 1.54) is 6.08 Å². The monoisotopic (exact) mass is 139 g/mol. The van der Waals surface area contributed by atoms with E-state index >= 15 is 0 Å². The van der Waals surface area contributed by atoms with Gasteiger partial charge in [-0.15, -0.1) is 6.58 Å². The first-order chi connectivity index (χ1) is 3.06. The smallest absolute Gasteiger partial charge is 0.329 e. The SMILES string of the molecule is C=CCP(=O)(O)O.N. The molecule has 0 bridgehead atoms. The molecule has 0 amide bonds. The van der Waals surface area contributed by atoms with Crippen LogP contribution in [0.1, 0.15) is 0 Å². The normalized spacial score (nSPS) is 9.75. The second-order valence-electron chi connectivity index (χ2n) is 1.14. The van der Waals surface area contributed by atoms with Crippen molar-refractivity contribution >= 4 is 7.60 Å². The van der Waals surface area contributed by atoms with Gasteiger partial charge in [0.05, 0.1) is 6.16 Å². The van der Waals surface area contributed by atoms with Gasteiger partial charge in [0, 0.05) is 0 Å². The quantitative estimate of drug-likeness (QED) is 0.384. The molecule has 0 aliphatic heterocycles. The fourth-order valence-electron chi connectivity index (χ4n) is 0.168. The lowest BCUT2D eigenvalue weighted by molar-refractivity contribution is 0.377. The van der Waals surface area contributed by atoms with Crippen molar-refractivity contribution < 1.29 is 14.4 Å². The Morgan fingerprint density at radius 3 is 2.00 bits per heavy atom. The van der Waals surface area contributed by atoms with Crippen LogP contribution in [0.25, 0.3) is 0 Å². The molecule has 5 N–H and O–H groups in total. The van der Waals surface area contributed by atoms with Crippen LogP contribution in [0, 0.1) is 0 Å². The molecule has 0 saturated carbocycles. The van der Waals surface area contributed by atoms with Gasteiger partial charge in [0.25, 0.3) is 0 Å². The van der Waals surface area contributed by atoms with Crippen molar-refractivity contribution in [3.63, 3.8) is 0 Å². The molecule has 0 aromatic heterocycles. The Morgan fingerprint density at radius 1 is 1.62 bits per heavy atom. The minimum atomic E-state index is -3.78. The molecule has 0 aromatic carbocycles. The van der Waals surface area contributed by atoms with Crippen LogP contribution >= 0.6 is 7.60 Å². The largest absolute Gasteiger partial charge is 0.344 e. The van der Waals surface area contributed by atoms with Crippen LogP contribution < -0.4 is 6.15 Å². The Kier molecular flexibility index (Phi) is 5.12. The predicted octanol–water partition coefficient (Wildman–Crippen LogP) is 0.512. The van der Waals surface area contributed by atoms with E-state index in [9.17, 15) is 4.57 Å². The molecule has 0 heterocycles. The lowest BCUT2D eigenvalue weighted by atomic mass is 10.8. The van der Waals surface area contributed by atoms with Crippen LogP contribution in [0.5, 0.6) is 0 Å². The van der Waals surface area contributed by atoms with E-state index < -0.39 is 7.60 Å². The molecular weight excluding hydrogens is 129 g/mol. The first-order valence-electron chi connectivity index (χ1n) is 1.72. The van der Waals surface area contributed by atoms with Gasteiger partial charge >= 0.3 is 7.60 Å². The van der Waals surface area contributed by atoms with E-state index in [0.717, 1.165) is 0 Å². The van der Waals surface area contributed by atoms with Crippen LogP contribution in [0.3, 0.4) is 0 Å². The standard InChI is InChI=1S/C3H7O3P.H3N/c1-2-3-7(4,5)6;/h2H,1,3H2,(H2,4,5,6);1H3. The van der Waals surface area contributed by atoms with Crippen molar-refractivity contribution in [2.45, 2.75) is 0 Å². The van der Waals surface area contributed by atoms with Crippen LogP contribution in [-0.2, 0) is 4.57 Å². The van der Waals surface area contributed by atoms with Gasteiger partial charge in [-0.1, -0.05) is 6.08 Å². The maximum Gasteiger partial charge on any atom is 0.329 e. The van der Waals surface area contributed by atoms with Crippen LogP contribution in [0.4, 0.5) is 0 Å². The molecule has 0 saturated heterocycles. The zero-order valence-electron chi connectivity index (χ0n) is 4.45. The summed E-state index contributed by atoms with van der Waals surface area (Å²) in [4.78, 5) is 16.1. The summed E-state index contributed by atoms with van der Waals surface area (Å²) < 4.78 is 9.85. The van der Waals surface area contributed by atoms with Crippen molar-refractivity contribution in [3.05, 3.63) is 12.7 Å². The molecule has 0 fully saturated rings. The number of rotatable bonds is 2. The predicted molar refractivity (Wildman–Crippen MR) is 32.1 cm³/mol. The summed E-state index contributed by atoms with van der Waals surface area (Å²) in [6.07, 6.45) is 0.966. The molecule has 5 heteroatoms. The fourth-order valence-corrected chi connectivity index (χ4v) is 0.505. The Balaban J connectivity index is 0. The number of hydrogen-bond donors (Lipinski definition) is 3. The zero-order chi connectivity index (χ0) is 5.91. The van der Waals surface area contributed by atoms with Gasteiger partial charge < -0.3 is 15.9 Å². The maximum atomic E-state index is 9.85. The summed E-state index contributed by atoms with van der Waals surface area (Å²) in [7, 11) is -3.78. The number of allylic oxidation sites excluding steroid dienone is 1. The molecule has 0 aliphatic rings. The maximum absolute atomic E-state index is 9.85. The third-order valence-electron chi connectivity index (χ3n) is 0.367. The minimum absolute atomic E-state index is 0. The van der Waals surface area contributed by atoms with Gasteiger partial charge in [0.15, 0.2) is 0 Å². The van der Waals surface area contributed by atoms with Gasteiger partial charge in [-0.05, 0) is 0 Å². The Bertz CT molecular complexity index is 107. The topological polar surface area (TPSA) is 92.5 Å². The van der Waals surface area contributed by atoms with Crippen molar-refractivity contribution in [2.75, 3.05) is 6.16 Å². The lowest BCUT2D eigenvalue weighted by Crippen LogP contribution is -1.78. The van der Waals surface area contributed by atoms with E-state index in [1.807, 2.05) is 0 Å². The third-order valence-corrected chi connectivity index (χ3v) is 1.10. The average Bonchev–Trinajstić information content (AvgIpc) is 1.30. The van der Waals surface area contributed by atoms with Crippen molar-refractivity contribution in [3.8, 4) is 0 Å². The zero-order valence-corrected chi connectivity index (χ0v) is 5.34. The second-order valence-corrected chi connectivity index (χ2v) is 2.83. The molecule has 0 aliphatic carbocycles. The van der Waals surface area contributed by atoms with E-state index in [2.05, 4.69) is 6.58 Å². The molecule has 0 rings (SSSR count). The Hall–Kier alpha value is -0.150. The Labute approximate surface area is 48.0 Å². The average molecular weight is 139 g/mol. The highest BCUT2D eigenvalue weighted by Crippen LogP contribution is 2.33. The van der Waals surface area contributed by atoms with E-state index in [1.54, 1.807) is 0 Å². The lowest BCUT2D eigenvalue weighted by Gasteiger charge is -1.94. The summed E-state index contributed by atoms with van der Waals surface area (Å²) in [6, 6.07) is 0. The number of hydrogen-bond acceptors (Lipinski definition) is 2. The van der Waals surface area contributed by atoms with Crippen LogP contribution in [0.15, 0.2) is 12.7 Å². The highest BCUT2D eigenvalue weighted by atomic mass is 31.2. The summed E-state index contributed by atoms with van der Waals surface area (Å²) >= 11 is 0. The molecule has 0 atom stereocenters. The molecule has 8 heavy (non-hydrogen) atoms. The van der Waals surface area contributed by atoms with Crippen LogP contribution in [-0.4, -0.2) is 15.9 Å². The molecule has 0 aromatic rings. The van der Waals surface area contributed by atoms with Crippen molar-refractivity contribution in [1.29, 1.82) is 0 Å². The first-order valence-corrected chi connectivity index (χ1v) is 3.51. The minimum Gasteiger partial charge on any atom is -0.344 e. The first kappa shape index (κ1) is 10.8. The van der Waals surface area contributed by atoms with E-state index in [-0.39, 0.29) is 12.3 Å². The molecule has 0 radical (unpaired) electrons. The highest BCUT2D eigenvalue weighted by Gasteiger charge is 2.06. The highest BCUT2D eigenvalue weighted by molar-refractivity contribution is 7.51. The van der Waals surface area contributed by atoms with E-state index in [0.29, 0.717) is 0 Å². The van der Waals surface area contributed by atoms with Crippen LogP contribution in [0.2, 0.25) is 0 Å². The van der Waals surface area contributed by atoms with Gasteiger partial charge in [0.2, 0.25) is 0 Å². The molecule has 50 valence electrons. The Morgan fingerprint density at radius 2 is 2.00 bits per heavy atom. The van der Waals surface area contributed by atoms with Gasteiger partial charge in [-0.25, -0.2) is 0 Å². The molecular formula is C3H10NO3P. The summed E-state index contributed by atoms with van der Waals surface area (Å²) in [6.45, 7) is 3.15. The van der Waals surface area contributed by atoms with Crippen molar-refractivity contribution in [2.24, 2.45) is 0 Å². The van der Waals surface area contributed by atoms with Gasteiger partial charge in [-0.2, -0.15) is 0 Å². The van der Waals surface area contributed by atoms with Gasteiger partial charge in [-0.3, -0.25) is 4.57 Å². The molecule has 0 unspecified atom stereocenters.